The van der Waals surface area contributed by atoms with Gasteiger partial charge in [0.25, 0.3) is 0 Å². The van der Waals surface area contributed by atoms with Gasteiger partial charge in [0.05, 0.1) is 0 Å². The second-order valence-electron chi connectivity index (χ2n) is 5.95. The first-order valence-corrected chi connectivity index (χ1v) is 7.24. The summed E-state index contributed by atoms with van der Waals surface area (Å²) in [7, 11) is 0. The van der Waals surface area contributed by atoms with E-state index in [2.05, 4.69) is 25.7 Å². The Morgan fingerprint density at radius 3 is 2.39 bits per heavy atom. The zero-order valence-corrected chi connectivity index (χ0v) is 12.1. The number of hydrogen-bond acceptors (Lipinski definition) is 3. The van der Waals surface area contributed by atoms with Gasteiger partial charge in [0.15, 0.2) is 0 Å². The van der Waals surface area contributed by atoms with Crippen LogP contribution in [0.2, 0.25) is 0 Å². The largest absolute Gasteiger partial charge is 0.368 e. The van der Waals surface area contributed by atoms with Gasteiger partial charge in [-0.05, 0) is 45.6 Å². The van der Waals surface area contributed by atoms with E-state index in [0.29, 0.717) is 18.5 Å². The van der Waals surface area contributed by atoms with E-state index in [0.717, 1.165) is 25.8 Å². The van der Waals surface area contributed by atoms with Gasteiger partial charge in [0.1, 0.15) is 5.54 Å². The van der Waals surface area contributed by atoms with Crippen molar-refractivity contribution in [3.63, 3.8) is 0 Å². The summed E-state index contributed by atoms with van der Waals surface area (Å²) >= 11 is 0. The van der Waals surface area contributed by atoms with Crippen molar-refractivity contribution >= 4 is 5.91 Å². The monoisotopic (exact) mass is 255 g/mol. The Morgan fingerprint density at radius 1 is 1.39 bits per heavy atom. The highest BCUT2D eigenvalue weighted by molar-refractivity contribution is 5.85. The van der Waals surface area contributed by atoms with Crippen LogP contribution in [0.15, 0.2) is 0 Å². The highest BCUT2D eigenvalue weighted by Crippen LogP contribution is 2.38. The molecule has 1 aliphatic rings. The Balaban J connectivity index is 2.59. The molecule has 4 nitrogen and oxygen atoms in total. The number of carbonyl (C=O) groups excluding carboxylic acids is 1. The van der Waals surface area contributed by atoms with E-state index in [1.807, 2.05) is 0 Å². The number of hydrogen-bond donors (Lipinski definition) is 2. The van der Waals surface area contributed by atoms with Crippen LogP contribution in [0.3, 0.4) is 0 Å². The van der Waals surface area contributed by atoms with Crippen LogP contribution in [-0.2, 0) is 4.79 Å². The summed E-state index contributed by atoms with van der Waals surface area (Å²) < 4.78 is 0. The van der Waals surface area contributed by atoms with E-state index in [9.17, 15) is 4.79 Å². The third-order valence-electron chi connectivity index (χ3n) is 4.01. The van der Waals surface area contributed by atoms with Crippen molar-refractivity contribution in [1.82, 2.24) is 4.90 Å². The van der Waals surface area contributed by atoms with Crippen molar-refractivity contribution in [3.05, 3.63) is 0 Å². The number of nitrogens with two attached hydrogens (primary N) is 2. The lowest BCUT2D eigenvalue weighted by atomic mass is 9.92. The van der Waals surface area contributed by atoms with Crippen molar-refractivity contribution < 1.29 is 4.79 Å². The molecule has 1 atom stereocenters. The van der Waals surface area contributed by atoms with Gasteiger partial charge in [-0.1, -0.05) is 19.8 Å². The summed E-state index contributed by atoms with van der Waals surface area (Å²) in [5.41, 5.74) is 11.0. The van der Waals surface area contributed by atoms with Crippen LogP contribution in [-0.4, -0.2) is 35.5 Å². The van der Waals surface area contributed by atoms with E-state index in [-0.39, 0.29) is 5.91 Å². The number of rotatable bonds is 9. The molecule has 106 valence electrons. The Kier molecular flexibility index (Phi) is 5.60. The first kappa shape index (κ1) is 15.4. The van der Waals surface area contributed by atoms with Gasteiger partial charge in [-0.15, -0.1) is 0 Å². The molecule has 1 saturated carbocycles. The molecule has 1 fully saturated rings. The molecule has 1 rings (SSSR count). The molecule has 0 aromatic carbocycles. The molecule has 0 aromatic rings. The number of carbonyl (C=O) groups is 1. The van der Waals surface area contributed by atoms with E-state index < -0.39 is 5.54 Å². The van der Waals surface area contributed by atoms with E-state index in [4.69, 9.17) is 11.5 Å². The summed E-state index contributed by atoms with van der Waals surface area (Å²) in [4.78, 5) is 14.0. The first-order chi connectivity index (χ1) is 8.41. The molecule has 4 N–H and O–H groups in total. The highest BCUT2D eigenvalue weighted by Gasteiger charge is 2.47. The van der Waals surface area contributed by atoms with Crippen molar-refractivity contribution in [2.45, 2.75) is 64.5 Å². The van der Waals surface area contributed by atoms with Crippen LogP contribution in [0, 0.1) is 5.92 Å². The first-order valence-electron chi connectivity index (χ1n) is 7.24. The molecule has 0 aliphatic heterocycles. The van der Waals surface area contributed by atoms with Crippen molar-refractivity contribution in [2.75, 3.05) is 13.1 Å². The zero-order valence-electron chi connectivity index (χ0n) is 12.1. The maximum atomic E-state index is 11.7. The summed E-state index contributed by atoms with van der Waals surface area (Å²) in [6.45, 7) is 8.11. The van der Waals surface area contributed by atoms with E-state index in [1.165, 1.54) is 12.8 Å². The van der Waals surface area contributed by atoms with E-state index in [1.54, 1.807) is 0 Å². The van der Waals surface area contributed by atoms with Gasteiger partial charge >= 0.3 is 0 Å². The van der Waals surface area contributed by atoms with Gasteiger partial charge in [-0.25, -0.2) is 0 Å². The lowest BCUT2D eigenvalue weighted by molar-refractivity contribution is -0.124. The van der Waals surface area contributed by atoms with Gasteiger partial charge in [-0.3, -0.25) is 9.69 Å². The third kappa shape index (κ3) is 3.95. The molecular weight excluding hydrogens is 226 g/mol. The quantitative estimate of drug-likeness (QED) is 0.613. The summed E-state index contributed by atoms with van der Waals surface area (Å²) in [6.07, 6.45) is 5.67. The van der Waals surface area contributed by atoms with Gasteiger partial charge in [-0.2, -0.15) is 0 Å². The molecule has 1 aliphatic carbocycles. The lowest BCUT2D eigenvalue weighted by Crippen LogP contribution is -2.61. The molecule has 0 spiro atoms. The smallest absolute Gasteiger partial charge is 0.239 e. The molecule has 1 amide bonds. The van der Waals surface area contributed by atoms with Gasteiger partial charge < -0.3 is 11.5 Å². The fourth-order valence-corrected chi connectivity index (χ4v) is 2.43. The van der Waals surface area contributed by atoms with E-state index >= 15 is 0 Å². The maximum Gasteiger partial charge on any atom is 0.239 e. The number of primary amides is 1. The fraction of sp³-hybridized carbons (Fsp3) is 0.929. The van der Waals surface area contributed by atoms with Crippen LogP contribution in [0.4, 0.5) is 0 Å². The predicted octanol–water partition coefficient (Wildman–Crippen LogP) is 1.48. The van der Waals surface area contributed by atoms with Crippen LogP contribution in [0.5, 0.6) is 0 Å². The van der Waals surface area contributed by atoms with Crippen LogP contribution >= 0.6 is 0 Å². The summed E-state index contributed by atoms with van der Waals surface area (Å²) in [6, 6.07) is 0.405. The minimum Gasteiger partial charge on any atom is -0.368 e. The molecule has 0 radical (unpaired) electrons. The molecule has 18 heavy (non-hydrogen) atoms. The standard InChI is InChI=1S/C14H29N3O/c1-4-5-6-9-17(11(2)3)10-14(16,13(15)18)12-7-8-12/h11-12H,4-10,16H2,1-3H3,(H2,15,18). The van der Waals surface area contributed by atoms with Gasteiger partial charge in [0, 0.05) is 12.6 Å². The number of nitrogens with zero attached hydrogens (tertiary/aromatic N) is 1. The summed E-state index contributed by atoms with van der Waals surface area (Å²) in [5.74, 6) is -0.0476. The Morgan fingerprint density at radius 2 is 2.00 bits per heavy atom. The zero-order chi connectivity index (χ0) is 13.8. The Hall–Kier alpha value is -0.610. The summed E-state index contributed by atoms with van der Waals surface area (Å²) in [5, 5.41) is 0. The predicted molar refractivity (Wildman–Crippen MR) is 75.1 cm³/mol. The molecule has 1 unspecified atom stereocenters. The SMILES string of the molecule is CCCCCN(CC(N)(C(N)=O)C1CC1)C(C)C. The molecule has 4 heteroatoms. The average molecular weight is 255 g/mol. The minimum absolute atomic E-state index is 0.294. The van der Waals surface area contributed by atoms with Crippen molar-refractivity contribution in [3.8, 4) is 0 Å². The second kappa shape index (κ2) is 6.53. The second-order valence-corrected chi connectivity index (χ2v) is 5.95. The molecule has 0 heterocycles. The minimum atomic E-state index is -0.823. The Bertz CT molecular complexity index is 276. The highest BCUT2D eigenvalue weighted by atomic mass is 16.1. The molecule has 0 aromatic heterocycles. The van der Waals surface area contributed by atoms with Crippen LogP contribution in [0.1, 0.15) is 52.9 Å². The van der Waals surface area contributed by atoms with Gasteiger partial charge in [0.2, 0.25) is 5.91 Å². The molecular formula is C14H29N3O. The fourth-order valence-electron chi connectivity index (χ4n) is 2.43. The molecule has 0 saturated heterocycles. The Labute approximate surface area is 111 Å². The lowest BCUT2D eigenvalue weighted by Gasteiger charge is -2.35. The van der Waals surface area contributed by atoms with Crippen molar-refractivity contribution in [1.29, 1.82) is 0 Å². The normalized spacial score (nSPS) is 19.2. The van der Waals surface area contributed by atoms with Crippen LogP contribution < -0.4 is 11.5 Å². The molecule has 0 bridgehead atoms. The third-order valence-corrected chi connectivity index (χ3v) is 4.01. The van der Waals surface area contributed by atoms with Crippen molar-refractivity contribution in [2.24, 2.45) is 17.4 Å². The van der Waals surface area contributed by atoms with Crippen LogP contribution in [0.25, 0.3) is 0 Å². The number of unbranched alkanes of at least 4 members (excludes halogenated alkanes) is 2. The maximum absolute atomic E-state index is 11.7. The number of amides is 1. The topological polar surface area (TPSA) is 72.3 Å². The average Bonchev–Trinajstić information content (AvgIpc) is 3.11.